The first-order valence-corrected chi connectivity index (χ1v) is 11.2. The summed E-state index contributed by atoms with van der Waals surface area (Å²) in [6.07, 6.45) is 4.59. The molecule has 0 unspecified atom stereocenters. The Kier molecular flexibility index (Phi) is 6.77. The van der Waals surface area contributed by atoms with Crippen LogP contribution >= 0.6 is 0 Å². The van der Waals surface area contributed by atoms with Crippen molar-refractivity contribution in [1.29, 1.82) is 0 Å². The molecule has 1 fully saturated rings. The van der Waals surface area contributed by atoms with Gasteiger partial charge in [-0.2, -0.15) is 0 Å². The monoisotopic (exact) mass is 446 g/mol. The van der Waals surface area contributed by atoms with Crippen LogP contribution in [0.5, 0.6) is 0 Å². The Morgan fingerprint density at radius 3 is 2.48 bits per heavy atom. The molecule has 6 nitrogen and oxygen atoms in total. The van der Waals surface area contributed by atoms with Crippen molar-refractivity contribution in [3.8, 4) is 0 Å². The van der Waals surface area contributed by atoms with Crippen molar-refractivity contribution < 1.29 is 14.0 Å². The lowest BCUT2D eigenvalue weighted by molar-refractivity contribution is -0.134. The van der Waals surface area contributed by atoms with Gasteiger partial charge in [-0.25, -0.2) is 14.4 Å². The third-order valence-electron chi connectivity index (χ3n) is 5.94. The van der Waals surface area contributed by atoms with Gasteiger partial charge in [0.25, 0.3) is 5.91 Å². The van der Waals surface area contributed by atoms with Crippen LogP contribution in [0.25, 0.3) is 0 Å². The van der Waals surface area contributed by atoms with E-state index >= 15 is 0 Å². The molecule has 33 heavy (non-hydrogen) atoms. The molecule has 2 aromatic carbocycles. The maximum Gasteiger partial charge on any atom is 0.259 e. The number of aromatic nitrogens is 2. The second-order valence-electron chi connectivity index (χ2n) is 8.45. The molecule has 1 atom stereocenters. The molecule has 2 amide bonds. The summed E-state index contributed by atoms with van der Waals surface area (Å²) >= 11 is 0. The van der Waals surface area contributed by atoms with Crippen molar-refractivity contribution >= 4 is 17.5 Å². The largest absolute Gasteiger partial charge is 0.332 e. The number of hydrogen-bond acceptors (Lipinski definition) is 4. The summed E-state index contributed by atoms with van der Waals surface area (Å²) < 4.78 is 13.1. The zero-order chi connectivity index (χ0) is 23.4. The van der Waals surface area contributed by atoms with Gasteiger partial charge in [-0.15, -0.1) is 0 Å². The number of likely N-dealkylation sites (tertiary alicyclic amines) is 1. The molecule has 7 heteroatoms. The Balaban J connectivity index is 1.49. The van der Waals surface area contributed by atoms with Gasteiger partial charge >= 0.3 is 0 Å². The fourth-order valence-electron chi connectivity index (χ4n) is 4.08. The molecular formula is C26H27FN4O2. The Hall–Kier alpha value is -3.61. The fraction of sp³-hybridized carbons (Fsp3) is 0.308. The van der Waals surface area contributed by atoms with E-state index in [1.165, 1.54) is 30.5 Å². The highest BCUT2D eigenvalue weighted by atomic mass is 19.1. The Morgan fingerprint density at radius 1 is 1.06 bits per heavy atom. The Labute approximate surface area is 192 Å². The number of amides is 2. The van der Waals surface area contributed by atoms with Gasteiger partial charge in [-0.1, -0.05) is 29.8 Å². The van der Waals surface area contributed by atoms with Crippen molar-refractivity contribution in [3.05, 3.63) is 88.8 Å². The molecule has 4 rings (SSSR count). The van der Waals surface area contributed by atoms with Crippen LogP contribution in [0.2, 0.25) is 0 Å². The van der Waals surface area contributed by atoms with Crippen LogP contribution in [-0.2, 0) is 11.2 Å². The van der Waals surface area contributed by atoms with E-state index in [4.69, 9.17) is 0 Å². The van der Waals surface area contributed by atoms with E-state index in [9.17, 15) is 14.0 Å². The van der Waals surface area contributed by atoms with Gasteiger partial charge in [0, 0.05) is 18.4 Å². The molecule has 0 aliphatic carbocycles. The van der Waals surface area contributed by atoms with Crippen LogP contribution in [0.3, 0.4) is 0 Å². The number of rotatable bonds is 5. The van der Waals surface area contributed by atoms with Crippen LogP contribution in [0.4, 0.5) is 10.1 Å². The maximum absolute atomic E-state index is 13.1. The summed E-state index contributed by atoms with van der Waals surface area (Å²) in [6, 6.07) is 13.4. The minimum Gasteiger partial charge on any atom is -0.332 e. The molecule has 1 N–H and O–H groups in total. The minimum atomic E-state index is -0.370. The number of hydrogen-bond donors (Lipinski definition) is 1. The summed E-state index contributed by atoms with van der Waals surface area (Å²) in [4.78, 5) is 36.7. The van der Waals surface area contributed by atoms with Gasteiger partial charge in [-0.05, 0) is 62.9 Å². The van der Waals surface area contributed by atoms with Crippen LogP contribution in [0.15, 0.2) is 54.7 Å². The lowest BCUT2D eigenvalue weighted by Gasteiger charge is -2.35. The molecule has 0 spiro atoms. The Morgan fingerprint density at radius 2 is 1.79 bits per heavy atom. The highest BCUT2D eigenvalue weighted by Crippen LogP contribution is 2.30. The van der Waals surface area contributed by atoms with Gasteiger partial charge < -0.3 is 10.2 Å². The molecule has 0 bridgehead atoms. The number of piperidine rings is 1. The third kappa shape index (κ3) is 5.42. The number of benzene rings is 2. The molecule has 2 heterocycles. The first-order chi connectivity index (χ1) is 15.9. The average molecular weight is 447 g/mol. The molecular weight excluding hydrogens is 419 g/mol. The van der Waals surface area contributed by atoms with Crippen molar-refractivity contribution in [1.82, 2.24) is 14.9 Å². The minimum absolute atomic E-state index is 0.0583. The summed E-state index contributed by atoms with van der Waals surface area (Å²) in [5.74, 6) is -0.113. The first kappa shape index (κ1) is 22.6. The van der Waals surface area contributed by atoms with Gasteiger partial charge in [-0.3, -0.25) is 9.59 Å². The Bertz CT molecular complexity index is 1150. The van der Waals surface area contributed by atoms with Crippen LogP contribution < -0.4 is 5.32 Å². The van der Waals surface area contributed by atoms with Gasteiger partial charge in [0.1, 0.15) is 5.82 Å². The predicted molar refractivity (Wildman–Crippen MR) is 124 cm³/mol. The number of carbonyl (C=O) groups is 2. The SMILES string of the molecule is Cc1ccc(CC(=O)N2CCCC[C@@H]2c2ncc(C(=O)Nc3ccc(F)cc3)c(C)n2)cc1. The van der Waals surface area contributed by atoms with Gasteiger partial charge in [0.2, 0.25) is 5.91 Å². The number of nitrogens with one attached hydrogen (secondary N) is 1. The predicted octanol–water partition coefficient (Wildman–Crippen LogP) is 4.78. The molecule has 3 aromatic rings. The quantitative estimate of drug-likeness (QED) is 0.612. The normalized spacial score (nSPS) is 15.8. The van der Waals surface area contributed by atoms with E-state index < -0.39 is 0 Å². The van der Waals surface area contributed by atoms with Crippen LogP contribution in [0.1, 0.15) is 58.3 Å². The number of aryl methyl sites for hydroxylation is 2. The first-order valence-electron chi connectivity index (χ1n) is 11.2. The third-order valence-corrected chi connectivity index (χ3v) is 5.94. The van der Waals surface area contributed by atoms with E-state index in [1.54, 1.807) is 6.92 Å². The second-order valence-corrected chi connectivity index (χ2v) is 8.45. The number of carbonyl (C=O) groups excluding carboxylic acids is 2. The van der Waals surface area contributed by atoms with Crippen molar-refractivity contribution in [3.63, 3.8) is 0 Å². The number of anilines is 1. The number of halogens is 1. The van der Waals surface area contributed by atoms with E-state index in [0.717, 1.165) is 30.4 Å². The van der Waals surface area contributed by atoms with Crippen molar-refractivity contribution in [2.45, 2.75) is 45.6 Å². The summed E-state index contributed by atoms with van der Waals surface area (Å²) in [5.41, 5.74) is 3.52. The molecule has 170 valence electrons. The van der Waals surface area contributed by atoms with Gasteiger partial charge in [0.05, 0.1) is 23.7 Å². The zero-order valence-corrected chi connectivity index (χ0v) is 18.8. The lowest BCUT2D eigenvalue weighted by Crippen LogP contribution is -2.40. The summed E-state index contributed by atoms with van der Waals surface area (Å²) in [7, 11) is 0. The summed E-state index contributed by atoms with van der Waals surface area (Å²) in [6.45, 7) is 4.45. The smallest absolute Gasteiger partial charge is 0.259 e. The topological polar surface area (TPSA) is 75.2 Å². The maximum atomic E-state index is 13.1. The molecule has 1 aliphatic rings. The van der Waals surface area contributed by atoms with E-state index in [2.05, 4.69) is 15.3 Å². The second kappa shape index (κ2) is 9.90. The molecule has 1 aliphatic heterocycles. The lowest BCUT2D eigenvalue weighted by atomic mass is 9.99. The highest BCUT2D eigenvalue weighted by molar-refractivity contribution is 6.04. The van der Waals surface area contributed by atoms with E-state index in [1.807, 2.05) is 36.1 Å². The van der Waals surface area contributed by atoms with E-state index in [-0.39, 0.29) is 23.7 Å². The van der Waals surface area contributed by atoms with E-state index in [0.29, 0.717) is 35.7 Å². The standard InChI is InChI=1S/C26H27FN4O2/c1-17-6-8-19(9-7-17)15-24(32)31-14-4-3-5-23(31)25-28-16-22(18(2)29-25)26(33)30-21-12-10-20(27)11-13-21/h6-13,16,23H,3-5,14-15H2,1-2H3,(H,30,33)/t23-/m1/s1. The van der Waals surface area contributed by atoms with Crippen LogP contribution in [-0.4, -0.2) is 33.2 Å². The fourth-order valence-corrected chi connectivity index (χ4v) is 4.08. The highest BCUT2D eigenvalue weighted by Gasteiger charge is 2.30. The zero-order valence-electron chi connectivity index (χ0n) is 18.8. The van der Waals surface area contributed by atoms with Gasteiger partial charge in [0.15, 0.2) is 5.82 Å². The molecule has 1 saturated heterocycles. The number of nitrogens with zero attached hydrogens (tertiary/aromatic N) is 3. The average Bonchev–Trinajstić information content (AvgIpc) is 2.82. The van der Waals surface area contributed by atoms with Crippen LogP contribution in [0, 0.1) is 19.7 Å². The molecule has 0 saturated carbocycles. The molecule has 1 aromatic heterocycles. The van der Waals surface area contributed by atoms with Crippen molar-refractivity contribution in [2.75, 3.05) is 11.9 Å². The van der Waals surface area contributed by atoms with Crippen molar-refractivity contribution in [2.24, 2.45) is 0 Å². The summed E-state index contributed by atoms with van der Waals surface area (Å²) in [5, 5.41) is 2.73. The molecule has 0 radical (unpaired) electrons.